The maximum absolute atomic E-state index is 12.2. The van der Waals surface area contributed by atoms with Crippen LogP contribution >= 0.6 is 24.0 Å². The van der Waals surface area contributed by atoms with E-state index in [4.69, 9.17) is 18.0 Å². The Bertz CT molecular complexity index is 284. The zero-order chi connectivity index (χ0) is 12.9. The summed E-state index contributed by atoms with van der Waals surface area (Å²) < 4.78 is 0. The van der Waals surface area contributed by atoms with Gasteiger partial charge in [-0.1, -0.05) is 26.1 Å². The Morgan fingerprint density at radius 2 is 2.18 bits per heavy atom. The van der Waals surface area contributed by atoms with E-state index in [0.717, 1.165) is 12.3 Å². The minimum absolute atomic E-state index is 0.00639. The molecule has 0 aromatic rings. The summed E-state index contributed by atoms with van der Waals surface area (Å²) in [5.41, 5.74) is 5.09. The molecule has 1 aliphatic rings. The summed E-state index contributed by atoms with van der Waals surface area (Å²) in [6.07, 6.45) is 2.54. The third-order valence-electron chi connectivity index (χ3n) is 3.69. The molecular weight excluding hydrogens is 252 g/mol. The fourth-order valence-electron chi connectivity index (χ4n) is 2.18. The van der Waals surface area contributed by atoms with Gasteiger partial charge in [0.1, 0.15) is 0 Å². The van der Waals surface area contributed by atoms with Gasteiger partial charge in [0.15, 0.2) is 0 Å². The van der Waals surface area contributed by atoms with Gasteiger partial charge in [-0.2, -0.15) is 11.8 Å². The van der Waals surface area contributed by atoms with Crippen LogP contribution in [0.5, 0.6) is 0 Å². The molecule has 0 spiro atoms. The minimum atomic E-state index is -0.652. The smallest absolute Gasteiger partial charge is 0.233 e. The number of thiocarbonyl (C=S) groups is 1. The first kappa shape index (κ1) is 14.8. The predicted octanol–water partition coefficient (Wildman–Crippen LogP) is 1.95. The summed E-state index contributed by atoms with van der Waals surface area (Å²) in [6.45, 7) is 4.69. The van der Waals surface area contributed by atoms with Crippen LogP contribution < -0.4 is 11.1 Å². The molecule has 1 fully saturated rings. The van der Waals surface area contributed by atoms with Crippen LogP contribution in [0.25, 0.3) is 0 Å². The van der Waals surface area contributed by atoms with Crippen molar-refractivity contribution in [1.82, 2.24) is 5.32 Å². The van der Waals surface area contributed by atoms with Gasteiger partial charge in [0, 0.05) is 6.54 Å². The Hall–Kier alpha value is -0.290. The van der Waals surface area contributed by atoms with Crippen molar-refractivity contribution >= 4 is 34.9 Å². The SMILES string of the molecule is CCC(CC)(C(=O)NCC1CCSC1)C(N)=S. The largest absolute Gasteiger partial charge is 0.392 e. The molecule has 1 atom stereocenters. The van der Waals surface area contributed by atoms with Gasteiger partial charge in [0.05, 0.1) is 10.4 Å². The van der Waals surface area contributed by atoms with Crippen LogP contribution in [-0.2, 0) is 4.79 Å². The molecule has 0 bridgehead atoms. The first-order chi connectivity index (χ1) is 8.06. The summed E-state index contributed by atoms with van der Waals surface area (Å²) >= 11 is 7.02. The molecule has 0 aliphatic carbocycles. The lowest BCUT2D eigenvalue weighted by Gasteiger charge is -2.29. The van der Waals surface area contributed by atoms with Crippen LogP contribution in [0, 0.1) is 11.3 Å². The van der Waals surface area contributed by atoms with E-state index in [0.29, 0.717) is 23.7 Å². The van der Waals surface area contributed by atoms with Crippen molar-refractivity contribution in [3.63, 3.8) is 0 Å². The second-order valence-corrected chi connectivity index (χ2v) is 6.18. The molecule has 0 radical (unpaired) electrons. The maximum Gasteiger partial charge on any atom is 0.233 e. The lowest BCUT2D eigenvalue weighted by atomic mass is 9.81. The molecule has 0 saturated carbocycles. The zero-order valence-corrected chi connectivity index (χ0v) is 12.3. The molecule has 5 heteroatoms. The molecule has 0 aromatic carbocycles. The molecule has 1 amide bonds. The summed E-state index contributed by atoms with van der Waals surface area (Å²) in [4.78, 5) is 12.6. The molecule has 98 valence electrons. The number of thioether (sulfide) groups is 1. The number of amides is 1. The van der Waals surface area contributed by atoms with Crippen LogP contribution in [0.1, 0.15) is 33.1 Å². The Kier molecular flexibility index (Phi) is 5.73. The van der Waals surface area contributed by atoms with Crippen LogP contribution in [0.2, 0.25) is 0 Å². The normalized spacial score (nSPS) is 20.2. The van der Waals surface area contributed by atoms with E-state index in [2.05, 4.69) is 5.32 Å². The van der Waals surface area contributed by atoms with Gasteiger partial charge in [-0.15, -0.1) is 0 Å². The van der Waals surface area contributed by atoms with Crippen molar-refractivity contribution in [3.05, 3.63) is 0 Å². The van der Waals surface area contributed by atoms with Gasteiger partial charge in [0.25, 0.3) is 0 Å². The minimum Gasteiger partial charge on any atom is -0.392 e. The number of carbonyl (C=O) groups excluding carboxylic acids is 1. The second-order valence-electron chi connectivity index (χ2n) is 4.59. The molecule has 0 aromatic heterocycles. The van der Waals surface area contributed by atoms with Gasteiger partial charge < -0.3 is 11.1 Å². The number of carbonyl (C=O) groups is 1. The van der Waals surface area contributed by atoms with Gasteiger partial charge in [-0.05, 0) is 36.7 Å². The number of hydrogen-bond acceptors (Lipinski definition) is 3. The lowest BCUT2D eigenvalue weighted by Crippen LogP contribution is -2.49. The van der Waals surface area contributed by atoms with Gasteiger partial charge in [-0.25, -0.2) is 0 Å². The summed E-state index contributed by atoms with van der Waals surface area (Å²) in [5.74, 6) is 2.98. The molecule has 1 unspecified atom stereocenters. The molecule has 3 N–H and O–H groups in total. The van der Waals surface area contributed by atoms with E-state index >= 15 is 0 Å². The van der Waals surface area contributed by atoms with Crippen molar-refractivity contribution < 1.29 is 4.79 Å². The van der Waals surface area contributed by atoms with E-state index in [1.165, 1.54) is 12.2 Å². The Labute approximate surface area is 113 Å². The molecule has 17 heavy (non-hydrogen) atoms. The van der Waals surface area contributed by atoms with Gasteiger partial charge in [-0.3, -0.25) is 4.79 Å². The summed E-state index contributed by atoms with van der Waals surface area (Å²) in [7, 11) is 0. The molecule has 1 rings (SSSR count). The van der Waals surface area contributed by atoms with Crippen molar-refractivity contribution in [1.29, 1.82) is 0 Å². The Balaban J connectivity index is 2.56. The highest BCUT2D eigenvalue weighted by molar-refractivity contribution is 7.99. The topological polar surface area (TPSA) is 55.1 Å². The average Bonchev–Trinajstić information content (AvgIpc) is 2.81. The highest BCUT2D eigenvalue weighted by Gasteiger charge is 2.38. The van der Waals surface area contributed by atoms with Gasteiger partial charge in [0.2, 0.25) is 5.91 Å². The second kappa shape index (κ2) is 6.59. The van der Waals surface area contributed by atoms with Crippen LogP contribution in [0.15, 0.2) is 0 Å². The van der Waals surface area contributed by atoms with Crippen molar-refractivity contribution in [3.8, 4) is 0 Å². The van der Waals surface area contributed by atoms with E-state index in [1.54, 1.807) is 0 Å². The van der Waals surface area contributed by atoms with Gasteiger partial charge >= 0.3 is 0 Å². The van der Waals surface area contributed by atoms with Crippen LogP contribution in [-0.4, -0.2) is 28.9 Å². The first-order valence-corrected chi connectivity index (χ1v) is 7.79. The van der Waals surface area contributed by atoms with E-state index in [1.807, 2.05) is 25.6 Å². The quantitative estimate of drug-likeness (QED) is 0.727. The fraction of sp³-hybridized carbons (Fsp3) is 0.833. The third-order valence-corrected chi connectivity index (χ3v) is 5.31. The highest BCUT2D eigenvalue weighted by atomic mass is 32.2. The van der Waals surface area contributed by atoms with Crippen LogP contribution in [0.3, 0.4) is 0 Å². The number of hydrogen-bond donors (Lipinski definition) is 2. The molecule has 3 nitrogen and oxygen atoms in total. The standard InChI is InChI=1S/C12H22N2OS2/c1-3-12(4-2,10(13)16)11(15)14-7-9-5-6-17-8-9/h9H,3-8H2,1-2H3,(H2,13,16)(H,14,15). The Morgan fingerprint density at radius 3 is 2.59 bits per heavy atom. The molecule has 1 aliphatic heterocycles. The third kappa shape index (κ3) is 3.35. The van der Waals surface area contributed by atoms with Crippen molar-refractivity contribution in [2.45, 2.75) is 33.1 Å². The molecular formula is C12H22N2OS2. The zero-order valence-electron chi connectivity index (χ0n) is 10.6. The van der Waals surface area contributed by atoms with Crippen molar-refractivity contribution in [2.75, 3.05) is 18.1 Å². The first-order valence-electron chi connectivity index (χ1n) is 6.22. The summed E-state index contributed by atoms with van der Waals surface area (Å²) in [5, 5.41) is 3.03. The number of nitrogens with one attached hydrogen (secondary N) is 1. The maximum atomic E-state index is 12.2. The molecule has 1 heterocycles. The number of rotatable bonds is 6. The van der Waals surface area contributed by atoms with E-state index in [9.17, 15) is 4.79 Å². The number of nitrogens with two attached hydrogens (primary N) is 1. The monoisotopic (exact) mass is 274 g/mol. The van der Waals surface area contributed by atoms with E-state index in [-0.39, 0.29) is 5.91 Å². The lowest BCUT2D eigenvalue weighted by molar-refractivity contribution is -0.128. The summed E-state index contributed by atoms with van der Waals surface area (Å²) in [6, 6.07) is 0. The average molecular weight is 274 g/mol. The molecule has 1 saturated heterocycles. The highest BCUT2D eigenvalue weighted by Crippen LogP contribution is 2.28. The predicted molar refractivity (Wildman–Crippen MR) is 78.2 cm³/mol. The van der Waals surface area contributed by atoms with E-state index < -0.39 is 5.41 Å². The Morgan fingerprint density at radius 1 is 1.53 bits per heavy atom. The fourth-order valence-corrected chi connectivity index (χ4v) is 3.85. The van der Waals surface area contributed by atoms with Crippen LogP contribution in [0.4, 0.5) is 0 Å². The van der Waals surface area contributed by atoms with Crippen molar-refractivity contribution in [2.24, 2.45) is 17.1 Å².